The van der Waals surface area contributed by atoms with Gasteiger partial charge in [0.25, 0.3) is 0 Å². The van der Waals surface area contributed by atoms with E-state index in [9.17, 15) is 0 Å². The molecule has 134 valence electrons. The summed E-state index contributed by atoms with van der Waals surface area (Å²) in [5, 5.41) is 3.34. The molecule has 1 aromatic heterocycles. The van der Waals surface area contributed by atoms with Gasteiger partial charge in [0.15, 0.2) is 0 Å². The molecule has 1 N–H and O–H groups in total. The molecule has 3 rings (SSSR count). The molecule has 0 amide bonds. The van der Waals surface area contributed by atoms with Crippen LogP contribution in [0.3, 0.4) is 0 Å². The van der Waals surface area contributed by atoms with E-state index in [4.69, 9.17) is 9.72 Å². The number of aryl methyl sites for hydroxylation is 2. The smallest absolute Gasteiger partial charge is 0.229 e. The Morgan fingerprint density at radius 1 is 1.20 bits per heavy atom. The Morgan fingerprint density at radius 3 is 2.80 bits per heavy atom. The number of nitrogens with zero attached hydrogens (tertiary/aromatic N) is 3. The van der Waals surface area contributed by atoms with Crippen molar-refractivity contribution in [2.45, 2.75) is 52.5 Å². The van der Waals surface area contributed by atoms with Crippen LogP contribution in [0.2, 0.25) is 0 Å². The molecule has 1 aliphatic heterocycles. The molecule has 5 heteroatoms. The van der Waals surface area contributed by atoms with Crippen LogP contribution < -0.4 is 15.0 Å². The van der Waals surface area contributed by atoms with Crippen molar-refractivity contribution in [3.05, 3.63) is 35.5 Å². The van der Waals surface area contributed by atoms with Crippen LogP contribution in [0.15, 0.2) is 24.3 Å². The summed E-state index contributed by atoms with van der Waals surface area (Å²) in [7, 11) is 1.68. The van der Waals surface area contributed by atoms with Gasteiger partial charge in [0.1, 0.15) is 11.6 Å². The summed E-state index contributed by atoms with van der Waals surface area (Å²) in [6, 6.07) is 8.72. The summed E-state index contributed by atoms with van der Waals surface area (Å²) in [6.45, 7) is 7.41. The molecule has 2 aromatic rings. The maximum Gasteiger partial charge on any atom is 0.229 e. The van der Waals surface area contributed by atoms with Crippen molar-refractivity contribution in [1.29, 1.82) is 0 Å². The van der Waals surface area contributed by atoms with Gasteiger partial charge in [0.2, 0.25) is 5.95 Å². The Balaban J connectivity index is 1.91. The zero-order valence-corrected chi connectivity index (χ0v) is 15.7. The zero-order chi connectivity index (χ0) is 17.8. The SMILES string of the molecule is CCC1CCCCN1c1cc(C)nc(Nc2cc(C)ccc2OC)n1. The van der Waals surface area contributed by atoms with E-state index in [0.29, 0.717) is 12.0 Å². The third-order valence-electron chi connectivity index (χ3n) is 4.83. The Bertz CT molecular complexity index is 732. The molecule has 1 atom stereocenters. The van der Waals surface area contributed by atoms with Crippen molar-refractivity contribution in [2.24, 2.45) is 0 Å². The van der Waals surface area contributed by atoms with Crippen molar-refractivity contribution in [1.82, 2.24) is 9.97 Å². The van der Waals surface area contributed by atoms with Gasteiger partial charge in [-0.1, -0.05) is 13.0 Å². The summed E-state index contributed by atoms with van der Waals surface area (Å²) >= 11 is 0. The number of hydrogen-bond acceptors (Lipinski definition) is 5. The van der Waals surface area contributed by atoms with Gasteiger partial charge in [-0.05, 0) is 57.2 Å². The molecule has 1 unspecified atom stereocenters. The first kappa shape index (κ1) is 17.5. The van der Waals surface area contributed by atoms with Crippen LogP contribution in [0.4, 0.5) is 17.5 Å². The third kappa shape index (κ3) is 4.03. The largest absolute Gasteiger partial charge is 0.495 e. The summed E-state index contributed by atoms with van der Waals surface area (Å²) in [5.74, 6) is 2.44. The van der Waals surface area contributed by atoms with Crippen molar-refractivity contribution in [3.63, 3.8) is 0 Å². The van der Waals surface area contributed by atoms with Gasteiger partial charge in [-0.3, -0.25) is 0 Å². The second-order valence-corrected chi connectivity index (χ2v) is 6.77. The lowest BCUT2D eigenvalue weighted by Crippen LogP contribution is -2.39. The number of ether oxygens (including phenoxy) is 1. The highest BCUT2D eigenvalue weighted by Gasteiger charge is 2.23. The minimum Gasteiger partial charge on any atom is -0.495 e. The van der Waals surface area contributed by atoms with E-state index < -0.39 is 0 Å². The van der Waals surface area contributed by atoms with E-state index in [-0.39, 0.29) is 0 Å². The average molecular weight is 340 g/mol. The fourth-order valence-electron chi connectivity index (χ4n) is 3.52. The molecule has 2 heterocycles. The quantitative estimate of drug-likeness (QED) is 0.861. The summed E-state index contributed by atoms with van der Waals surface area (Å²) in [5.41, 5.74) is 3.03. The highest BCUT2D eigenvalue weighted by Crippen LogP contribution is 2.30. The van der Waals surface area contributed by atoms with Gasteiger partial charge in [-0.25, -0.2) is 4.98 Å². The predicted molar refractivity (Wildman–Crippen MR) is 103 cm³/mol. The van der Waals surface area contributed by atoms with Crippen molar-refractivity contribution in [3.8, 4) is 5.75 Å². The fourth-order valence-corrected chi connectivity index (χ4v) is 3.52. The second-order valence-electron chi connectivity index (χ2n) is 6.77. The standard InChI is InChI=1S/C20H28N4O/c1-5-16-8-6-7-11-24(16)19-13-15(3)21-20(23-19)22-17-12-14(2)9-10-18(17)25-4/h9-10,12-13,16H,5-8,11H2,1-4H3,(H,21,22,23). The lowest BCUT2D eigenvalue weighted by atomic mass is 10.00. The first-order valence-corrected chi connectivity index (χ1v) is 9.14. The van der Waals surface area contributed by atoms with E-state index >= 15 is 0 Å². The number of aromatic nitrogens is 2. The molecule has 25 heavy (non-hydrogen) atoms. The molecule has 0 bridgehead atoms. The predicted octanol–water partition coefficient (Wildman–Crippen LogP) is 4.61. The molecule has 5 nitrogen and oxygen atoms in total. The lowest BCUT2D eigenvalue weighted by molar-refractivity contribution is 0.416. The molecule has 1 fully saturated rings. The first-order chi connectivity index (χ1) is 12.1. The number of anilines is 3. The van der Waals surface area contributed by atoms with Crippen LogP contribution >= 0.6 is 0 Å². The van der Waals surface area contributed by atoms with E-state index in [0.717, 1.165) is 35.9 Å². The van der Waals surface area contributed by atoms with Crippen LogP contribution in [0.5, 0.6) is 5.75 Å². The van der Waals surface area contributed by atoms with E-state index in [1.54, 1.807) is 7.11 Å². The Kier molecular flexibility index (Phi) is 5.41. The highest BCUT2D eigenvalue weighted by molar-refractivity contribution is 5.64. The maximum atomic E-state index is 5.46. The second kappa shape index (κ2) is 7.72. The fraction of sp³-hybridized carbons (Fsp3) is 0.500. The van der Waals surface area contributed by atoms with Crippen LogP contribution in [0.1, 0.15) is 43.9 Å². The number of piperidine rings is 1. The van der Waals surface area contributed by atoms with Crippen molar-refractivity contribution < 1.29 is 4.74 Å². The summed E-state index contributed by atoms with van der Waals surface area (Å²) in [4.78, 5) is 11.8. The molecule has 0 aliphatic carbocycles. The Morgan fingerprint density at radius 2 is 2.04 bits per heavy atom. The third-order valence-corrected chi connectivity index (χ3v) is 4.83. The Labute approximate surface area is 150 Å². The van der Waals surface area contributed by atoms with Crippen LogP contribution in [-0.4, -0.2) is 29.7 Å². The van der Waals surface area contributed by atoms with Crippen LogP contribution in [0, 0.1) is 13.8 Å². The number of hydrogen-bond donors (Lipinski definition) is 1. The molecular formula is C20H28N4O. The first-order valence-electron chi connectivity index (χ1n) is 9.14. The van der Waals surface area contributed by atoms with Gasteiger partial charge in [0.05, 0.1) is 12.8 Å². The van der Waals surface area contributed by atoms with Gasteiger partial charge in [-0.2, -0.15) is 4.98 Å². The molecule has 1 aromatic carbocycles. The maximum absolute atomic E-state index is 5.46. The summed E-state index contributed by atoms with van der Waals surface area (Å²) < 4.78 is 5.46. The van der Waals surface area contributed by atoms with Crippen molar-refractivity contribution in [2.75, 3.05) is 23.9 Å². The summed E-state index contributed by atoms with van der Waals surface area (Å²) in [6.07, 6.45) is 4.93. The van der Waals surface area contributed by atoms with Gasteiger partial charge in [-0.15, -0.1) is 0 Å². The van der Waals surface area contributed by atoms with E-state index in [1.807, 2.05) is 19.1 Å². The topological polar surface area (TPSA) is 50.3 Å². The number of nitrogens with one attached hydrogen (secondary N) is 1. The normalized spacial score (nSPS) is 17.4. The Hall–Kier alpha value is -2.30. The molecular weight excluding hydrogens is 312 g/mol. The number of rotatable bonds is 5. The molecule has 0 saturated carbocycles. The zero-order valence-electron chi connectivity index (χ0n) is 15.7. The average Bonchev–Trinajstić information content (AvgIpc) is 2.61. The van der Waals surface area contributed by atoms with Gasteiger partial charge in [0, 0.05) is 24.3 Å². The van der Waals surface area contributed by atoms with Crippen LogP contribution in [0.25, 0.3) is 0 Å². The highest BCUT2D eigenvalue weighted by atomic mass is 16.5. The molecule has 0 spiro atoms. The number of methoxy groups -OCH3 is 1. The monoisotopic (exact) mass is 340 g/mol. The minimum atomic E-state index is 0.574. The minimum absolute atomic E-state index is 0.574. The lowest BCUT2D eigenvalue weighted by Gasteiger charge is -2.36. The molecule has 1 saturated heterocycles. The molecule has 0 radical (unpaired) electrons. The number of benzene rings is 1. The van der Waals surface area contributed by atoms with E-state index in [2.05, 4.69) is 41.2 Å². The van der Waals surface area contributed by atoms with Gasteiger partial charge >= 0.3 is 0 Å². The molecule has 1 aliphatic rings. The van der Waals surface area contributed by atoms with Crippen molar-refractivity contribution >= 4 is 17.5 Å². The van der Waals surface area contributed by atoms with E-state index in [1.165, 1.54) is 24.8 Å². The van der Waals surface area contributed by atoms with Crippen LogP contribution in [-0.2, 0) is 0 Å². The van der Waals surface area contributed by atoms with Gasteiger partial charge < -0.3 is 15.0 Å².